The van der Waals surface area contributed by atoms with Crippen molar-refractivity contribution in [2.24, 2.45) is 0 Å². The smallest absolute Gasteiger partial charge is 0.152 e. The second kappa shape index (κ2) is 4.94. The maximum Gasteiger partial charge on any atom is 0.152 e. The van der Waals surface area contributed by atoms with Gasteiger partial charge >= 0.3 is 0 Å². The second-order valence-corrected chi connectivity index (χ2v) is 7.56. The van der Waals surface area contributed by atoms with Gasteiger partial charge in [-0.1, -0.05) is 0 Å². The number of hydrogen-bond acceptors (Lipinski definition) is 4. The summed E-state index contributed by atoms with van der Waals surface area (Å²) in [5, 5.41) is 3.22. The highest BCUT2D eigenvalue weighted by Crippen LogP contribution is 2.20. The Morgan fingerprint density at radius 3 is 2.94 bits per heavy atom. The summed E-state index contributed by atoms with van der Waals surface area (Å²) in [5.41, 5.74) is 1.02. The Balaban J connectivity index is 2.10. The normalized spacial score (nSPS) is 23.3. The predicted octanol–water partition coefficient (Wildman–Crippen LogP) is 2.14. The molecule has 0 saturated carbocycles. The summed E-state index contributed by atoms with van der Waals surface area (Å²) in [6, 6.07) is 1.95. The molecule has 0 bridgehead atoms. The number of aromatic nitrogens is 1. The molecule has 1 atom stereocenters. The third kappa shape index (κ3) is 3.42. The molecular weight excluding hydrogens is 304 g/mol. The highest BCUT2D eigenvalue weighted by atomic mass is 79.9. The third-order valence-corrected chi connectivity index (χ3v) is 5.10. The van der Waals surface area contributed by atoms with E-state index in [1.54, 1.807) is 6.20 Å². The van der Waals surface area contributed by atoms with Crippen LogP contribution >= 0.6 is 15.9 Å². The van der Waals surface area contributed by atoms with Gasteiger partial charge < -0.3 is 5.32 Å². The lowest BCUT2D eigenvalue weighted by Crippen LogP contribution is -2.35. The number of nitrogens with zero attached hydrogens (tertiary/aromatic N) is 1. The van der Waals surface area contributed by atoms with Crippen LogP contribution in [0.1, 0.15) is 18.4 Å². The molecule has 2 heterocycles. The summed E-state index contributed by atoms with van der Waals surface area (Å²) < 4.78 is 24.0. The van der Waals surface area contributed by atoms with Gasteiger partial charge in [0.05, 0.1) is 11.5 Å². The number of nitrogens with one attached hydrogen (secondary N) is 1. The number of sulfone groups is 1. The molecule has 0 aromatic carbocycles. The molecule has 0 aliphatic carbocycles. The molecule has 1 aliphatic heterocycles. The maximum atomic E-state index is 11.5. The molecule has 0 radical (unpaired) electrons. The highest BCUT2D eigenvalue weighted by molar-refractivity contribution is 9.10. The van der Waals surface area contributed by atoms with Crippen LogP contribution < -0.4 is 5.32 Å². The molecule has 1 aromatic heterocycles. The van der Waals surface area contributed by atoms with E-state index in [2.05, 4.69) is 26.2 Å². The van der Waals surface area contributed by atoms with E-state index in [0.29, 0.717) is 5.75 Å². The van der Waals surface area contributed by atoms with Gasteiger partial charge in [-0.25, -0.2) is 13.4 Å². The largest absolute Gasteiger partial charge is 0.366 e. The standard InChI is InChI=1S/C11H15BrN2O2S/c1-8-5-9(12)6-13-11(8)14-10-3-2-4-17(15,16)7-10/h5-6,10H,2-4,7H2,1H3,(H,13,14). The second-order valence-electron chi connectivity index (χ2n) is 4.42. The third-order valence-electron chi connectivity index (χ3n) is 2.85. The minimum Gasteiger partial charge on any atom is -0.366 e. The lowest BCUT2D eigenvalue weighted by molar-refractivity contribution is 0.561. The quantitative estimate of drug-likeness (QED) is 0.907. The Morgan fingerprint density at radius 2 is 2.29 bits per heavy atom. The van der Waals surface area contributed by atoms with Crippen molar-refractivity contribution in [2.45, 2.75) is 25.8 Å². The molecular formula is C11H15BrN2O2S. The van der Waals surface area contributed by atoms with E-state index in [-0.39, 0.29) is 11.8 Å². The van der Waals surface area contributed by atoms with Crippen LogP contribution in [0.25, 0.3) is 0 Å². The van der Waals surface area contributed by atoms with Gasteiger partial charge in [-0.05, 0) is 47.3 Å². The van der Waals surface area contributed by atoms with Crippen molar-refractivity contribution in [1.29, 1.82) is 0 Å². The Bertz CT molecular complexity index is 516. The Hall–Kier alpha value is -0.620. The van der Waals surface area contributed by atoms with E-state index in [1.165, 1.54) is 0 Å². The van der Waals surface area contributed by atoms with Crippen molar-refractivity contribution in [3.05, 3.63) is 22.3 Å². The van der Waals surface area contributed by atoms with Crippen molar-refractivity contribution in [2.75, 3.05) is 16.8 Å². The Morgan fingerprint density at radius 1 is 1.53 bits per heavy atom. The lowest BCUT2D eigenvalue weighted by Gasteiger charge is -2.24. The zero-order chi connectivity index (χ0) is 12.5. The molecule has 4 nitrogen and oxygen atoms in total. The van der Waals surface area contributed by atoms with Gasteiger partial charge in [0, 0.05) is 16.7 Å². The van der Waals surface area contributed by atoms with Crippen LogP contribution in [0, 0.1) is 6.92 Å². The van der Waals surface area contributed by atoms with Crippen LogP contribution in [-0.2, 0) is 9.84 Å². The summed E-state index contributed by atoms with van der Waals surface area (Å²) in [6.07, 6.45) is 3.33. The fourth-order valence-electron chi connectivity index (χ4n) is 2.02. The molecule has 1 aromatic rings. The van der Waals surface area contributed by atoms with Crippen LogP contribution in [0.15, 0.2) is 16.7 Å². The molecule has 1 saturated heterocycles. The van der Waals surface area contributed by atoms with Gasteiger partial charge in [0.15, 0.2) is 9.84 Å². The van der Waals surface area contributed by atoms with E-state index in [0.717, 1.165) is 28.7 Å². The highest BCUT2D eigenvalue weighted by Gasteiger charge is 2.25. The maximum absolute atomic E-state index is 11.5. The molecule has 6 heteroatoms. The number of rotatable bonds is 2. The van der Waals surface area contributed by atoms with Gasteiger partial charge in [-0.3, -0.25) is 0 Å². The monoisotopic (exact) mass is 318 g/mol. The molecule has 1 fully saturated rings. The first-order valence-electron chi connectivity index (χ1n) is 5.55. The average molecular weight is 319 g/mol. The molecule has 1 aliphatic rings. The van der Waals surface area contributed by atoms with Gasteiger partial charge in [-0.15, -0.1) is 0 Å². The van der Waals surface area contributed by atoms with E-state index >= 15 is 0 Å². The first-order chi connectivity index (χ1) is 7.96. The SMILES string of the molecule is Cc1cc(Br)cnc1NC1CCCS(=O)(=O)C1. The van der Waals surface area contributed by atoms with Crippen molar-refractivity contribution < 1.29 is 8.42 Å². The predicted molar refractivity (Wildman–Crippen MR) is 72.0 cm³/mol. The fraction of sp³-hybridized carbons (Fsp3) is 0.545. The van der Waals surface area contributed by atoms with E-state index < -0.39 is 9.84 Å². The number of pyridine rings is 1. The topological polar surface area (TPSA) is 59.1 Å². The number of halogens is 1. The van der Waals surface area contributed by atoms with Crippen molar-refractivity contribution in [3.8, 4) is 0 Å². The number of hydrogen-bond donors (Lipinski definition) is 1. The molecule has 94 valence electrons. The summed E-state index contributed by atoms with van der Waals surface area (Å²) in [4.78, 5) is 4.27. The van der Waals surface area contributed by atoms with E-state index in [4.69, 9.17) is 0 Å². The molecule has 1 unspecified atom stereocenters. The van der Waals surface area contributed by atoms with Crippen LogP contribution in [0.2, 0.25) is 0 Å². The first-order valence-corrected chi connectivity index (χ1v) is 8.17. The molecule has 2 rings (SSSR count). The average Bonchev–Trinajstić information content (AvgIpc) is 2.21. The fourth-order valence-corrected chi connectivity index (χ4v) is 4.10. The molecule has 17 heavy (non-hydrogen) atoms. The van der Waals surface area contributed by atoms with Crippen LogP contribution in [0.4, 0.5) is 5.82 Å². The van der Waals surface area contributed by atoms with Crippen LogP contribution in [0.3, 0.4) is 0 Å². The van der Waals surface area contributed by atoms with Crippen molar-refractivity contribution in [1.82, 2.24) is 4.98 Å². The Kier molecular flexibility index (Phi) is 3.73. The lowest BCUT2D eigenvalue weighted by atomic mass is 10.2. The van der Waals surface area contributed by atoms with Gasteiger partial charge in [0.1, 0.15) is 5.82 Å². The Labute approximate surface area is 110 Å². The zero-order valence-electron chi connectivity index (χ0n) is 9.61. The van der Waals surface area contributed by atoms with Gasteiger partial charge in [0.2, 0.25) is 0 Å². The van der Waals surface area contributed by atoms with Gasteiger partial charge in [-0.2, -0.15) is 0 Å². The number of aryl methyl sites for hydroxylation is 1. The van der Waals surface area contributed by atoms with Crippen LogP contribution in [-0.4, -0.2) is 30.9 Å². The minimum atomic E-state index is -2.87. The van der Waals surface area contributed by atoms with Crippen LogP contribution in [0.5, 0.6) is 0 Å². The zero-order valence-corrected chi connectivity index (χ0v) is 12.0. The summed E-state index contributed by atoms with van der Waals surface area (Å²) in [7, 11) is -2.87. The summed E-state index contributed by atoms with van der Waals surface area (Å²) in [5.74, 6) is 1.30. The molecule has 1 N–H and O–H groups in total. The molecule has 0 spiro atoms. The first kappa shape index (κ1) is 12.8. The van der Waals surface area contributed by atoms with E-state index in [1.807, 2.05) is 13.0 Å². The molecule has 0 amide bonds. The van der Waals surface area contributed by atoms with Gasteiger partial charge in [0.25, 0.3) is 0 Å². The van der Waals surface area contributed by atoms with E-state index in [9.17, 15) is 8.42 Å². The summed E-state index contributed by atoms with van der Waals surface area (Å²) >= 11 is 3.35. The minimum absolute atomic E-state index is 0.0128. The number of anilines is 1. The summed E-state index contributed by atoms with van der Waals surface area (Å²) in [6.45, 7) is 1.96. The van der Waals surface area contributed by atoms with Crippen molar-refractivity contribution >= 4 is 31.6 Å². The van der Waals surface area contributed by atoms with Crippen molar-refractivity contribution in [3.63, 3.8) is 0 Å².